The van der Waals surface area contributed by atoms with E-state index in [4.69, 9.17) is 5.73 Å². The van der Waals surface area contributed by atoms with E-state index in [-0.39, 0.29) is 7.47 Å². The molecule has 14 heavy (non-hydrogen) atoms. The van der Waals surface area contributed by atoms with Gasteiger partial charge < -0.3 is 5.73 Å². The van der Waals surface area contributed by atoms with E-state index in [1.807, 2.05) is 32.1 Å². The van der Waals surface area contributed by atoms with Gasteiger partial charge in [0, 0.05) is 13.0 Å². The number of allylic oxidation sites excluding steroid dienone is 3. The molecule has 0 saturated heterocycles. The summed E-state index contributed by atoms with van der Waals surface area (Å²) in [5, 5.41) is 0. The zero-order valence-electron chi connectivity index (χ0n) is 9.20. The van der Waals surface area contributed by atoms with Crippen molar-refractivity contribution in [2.45, 2.75) is 45.6 Å². The number of hydrogen-bond donors (Lipinski definition) is 1. The van der Waals surface area contributed by atoms with Crippen molar-refractivity contribution in [3.63, 3.8) is 0 Å². The molecule has 1 aliphatic carbocycles. The minimum Gasteiger partial charge on any atom is -0.327 e. The maximum atomic E-state index is 10.5. The van der Waals surface area contributed by atoms with Crippen molar-refractivity contribution < 1.29 is 6.22 Å². The topological polar surface area (TPSA) is 43.1 Å². The van der Waals surface area contributed by atoms with Gasteiger partial charge in [0.1, 0.15) is 6.29 Å². The third-order valence-corrected chi connectivity index (χ3v) is 2.04. The van der Waals surface area contributed by atoms with Gasteiger partial charge in [-0.05, 0) is 25.7 Å². The highest BCUT2D eigenvalue weighted by molar-refractivity contribution is 5.77. The van der Waals surface area contributed by atoms with Crippen LogP contribution in [-0.4, -0.2) is 12.3 Å². The molecule has 0 aromatic rings. The lowest BCUT2D eigenvalue weighted by atomic mass is 10.1. The van der Waals surface area contributed by atoms with Gasteiger partial charge in [-0.15, -0.1) is 0 Å². The molecule has 82 valence electrons. The Morgan fingerprint density at radius 1 is 1.57 bits per heavy atom. The Hall–Kier alpha value is -0.890. The molecule has 0 heterocycles. The van der Waals surface area contributed by atoms with Crippen molar-refractivity contribution in [1.82, 2.24) is 0 Å². The van der Waals surface area contributed by atoms with E-state index < -0.39 is 0 Å². The van der Waals surface area contributed by atoms with Crippen LogP contribution in [0.25, 0.3) is 0 Å². The van der Waals surface area contributed by atoms with Crippen molar-refractivity contribution in [2.75, 3.05) is 0 Å². The van der Waals surface area contributed by atoms with Gasteiger partial charge in [0.2, 0.25) is 0 Å². The van der Waals surface area contributed by atoms with Crippen LogP contribution in [0.3, 0.4) is 0 Å². The molecule has 2 nitrogen and oxygen atoms in total. The second-order valence-electron chi connectivity index (χ2n) is 3.15. The van der Waals surface area contributed by atoms with E-state index in [9.17, 15) is 4.79 Å². The number of carbonyl (C=O) groups excluding carboxylic acids is 1. The molecule has 0 fully saturated rings. The van der Waals surface area contributed by atoms with Crippen LogP contribution in [-0.2, 0) is 4.79 Å². The molecule has 1 aliphatic rings. The van der Waals surface area contributed by atoms with Gasteiger partial charge in [-0.2, -0.15) is 0 Å². The minimum atomic E-state index is 0. The summed E-state index contributed by atoms with van der Waals surface area (Å²) in [6.45, 7) is 4.00. The van der Waals surface area contributed by atoms with E-state index in [1.165, 1.54) is 0 Å². The molecule has 0 aromatic carbocycles. The number of rotatable bonds is 1. The largest absolute Gasteiger partial charge is 0.327 e. The Kier molecular flexibility index (Phi) is 8.14. The average molecular weight is 197 g/mol. The summed E-state index contributed by atoms with van der Waals surface area (Å²) < 4.78 is 0. The normalized spacial score (nSPS) is 27.9. The van der Waals surface area contributed by atoms with Crippen molar-refractivity contribution >= 4 is 6.29 Å². The highest BCUT2D eigenvalue weighted by Gasteiger charge is 2.01. The average Bonchev–Trinajstić information content (AvgIpc) is 2.33. The van der Waals surface area contributed by atoms with E-state index in [2.05, 4.69) is 0 Å². The Balaban J connectivity index is 0. The van der Waals surface area contributed by atoms with Crippen LogP contribution >= 0.6 is 0 Å². The lowest BCUT2D eigenvalue weighted by Gasteiger charge is -2.05. The van der Waals surface area contributed by atoms with E-state index in [1.54, 1.807) is 0 Å². The van der Waals surface area contributed by atoms with Gasteiger partial charge in [0.15, 0.2) is 0 Å². The maximum Gasteiger partial charge on any atom is 0.149 e. The van der Waals surface area contributed by atoms with Crippen molar-refractivity contribution in [3.8, 4) is 0 Å². The Bertz CT molecular complexity index is 212. The molecule has 0 aromatic heterocycles. The first-order valence-corrected chi connectivity index (χ1v) is 5.40. The molecule has 2 heteroatoms. The van der Waals surface area contributed by atoms with Gasteiger partial charge in [0.05, 0.1) is 0 Å². The third kappa shape index (κ3) is 5.70. The zero-order chi connectivity index (χ0) is 10.8. The monoisotopic (exact) mass is 197 g/mol. The predicted molar refractivity (Wildman–Crippen MR) is 63.2 cm³/mol. The Labute approximate surface area is 88.4 Å². The molecule has 0 radical (unpaired) electrons. The molecule has 0 aliphatic heterocycles. The lowest BCUT2D eigenvalue weighted by molar-refractivity contribution is -0.104. The molecule has 0 bridgehead atoms. The van der Waals surface area contributed by atoms with Crippen LogP contribution in [0, 0.1) is 0 Å². The van der Waals surface area contributed by atoms with Crippen LogP contribution in [0.1, 0.15) is 41.0 Å². The van der Waals surface area contributed by atoms with E-state index in [0.29, 0.717) is 0 Å². The SMILES string of the molecule is CC.N[C@@H]1C/C=C\C(C=O)=C/CCC1.[HH]. The number of carbonyl (C=O) groups is 1. The Morgan fingerprint density at radius 2 is 2.29 bits per heavy atom. The fraction of sp³-hybridized carbons (Fsp3) is 0.583. The summed E-state index contributed by atoms with van der Waals surface area (Å²) in [7, 11) is 0. The molecule has 0 amide bonds. The molecule has 0 unspecified atom stereocenters. The van der Waals surface area contributed by atoms with Crippen LogP contribution in [0.15, 0.2) is 23.8 Å². The first-order valence-electron chi connectivity index (χ1n) is 5.40. The van der Waals surface area contributed by atoms with Crippen molar-refractivity contribution in [2.24, 2.45) is 5.73 Å². The van der Waals surface area contributed by atoms with Crippen LogP contribution in [0.5, 0.6) is 0 Å². The van der Waals surface area contributed by atoms with E-state index in [0.717, 1.165) is 37.5 Å². The second kappa shape index (κ2) is 8.70. The number of aldehydes is 1. The third-order valence-electron chi connectivity index (χ3n) is 2.04. The van der Waals surface area contributed by atoms with Crippen LogP contribution in [0.2, 0.25) is 0 Å². The molecule has 0 spiro atoms. The van der Waals surface area contributed by atoms with Crippen molar-refractivity contribution in [1.29, 1.82) is 0 Å². The van der Waals surface area contributed by atoms with Gasteiger partial charge in [-0.1, -0.05) is 32.1 Å². The zero-order valence-corrected chi connectivity index (χ0v) is 9.20. The summed E-state index contributed by atoms with van der Waals surface area (Å²) in [5.41, 5.74) is 6.58. The highest BCUT2D eigenvalue weighted by atomic mass is 16.1. The van der Waals surface area contributed by atoms with Gasteiger partial charge in [-0.25, -0.2) is 0 Å². The van der Waals surface area contributed by atoms with Crippen molar-refractivity contribution in [3.05, 3.63) is 23.8 Å². The number of nitrogens with two attached hydrogens (primary N) is 1. The summed E-state index contributed by atoms with van der Waals surface area (Å²) in [6, 6.07) is 0.264. The summed E-state index contributed by atoms with van der Waals surface area (Å²) in [4.78, 5) is 10.5. The van der Waals surface area contributed by atoms with E-state index >= 15 is 0 Å². The highest BCUT2D eigenvalue weighted by Crippen LogP contribution is 2.09. The van der Waals surface area contributed by atoms with Crippen LogP contribution in [0.4, 0.5) is 0 Å². The minimum absolute atomic E-state index is 0. The van der Waals surface area contributed by atoms with Gasteiger partial charge in [0.25, 0.3) is 0 Å². The predicted octanol–water partition coefficient (Wildman–Crippen LogP) is 2.84. The second-order valence-corrected chi connectivity index (χ2v) is 3.15. The fourth-order valence-corrected chi connectivity index (χ4v) is 1.30. The maximum absolute atomic E-state index is 10.5. The Morgan fingerprint density at radius 3 is 2.93 bits per heavy atom. The lowest BCUT2D eigenvalue weighted by Crippen LogP contribution is -2.18. The number of hydrogen-bond acceptors (Lipinski definition) is 2. The summed E-state index contributed by atoms with van der Waals surface area (Å²) >= 11 is 0. The molecular formula is C12H23NO. The summed E-state index contributed by atoms with van der Waals surface area (Å²) in [5.74, 6) is 0. The quantitative estimate of drug-likeness (QED) is 0.657. The standard InChI is InChI=1S/C10H15NO.C2H6.H2/c11-10-6-2-1-4-9(8-12)5-3-7-10;1-2;/h3-5,8,10H,1-2,6-7,11H2;1-2H3;1H/b5-3-,9-4+;;/t10-;;/m0../s1. The van der Waals surface area contributed by atoms with Crippen LogP contribution < -0.4 is 5.73 Å². The smallest absolute Gasteiger partial charge is 0.149 e. The first-order chi connectivity index (χ1) is 6.83. The van der Waals surface area contributed by atoms with Gasteiger partial charge in [-0.3, -0.25) is 4.79 Å². The molecule has 1 atom stereocenters. The fourth-order valence-electron chi connectivity index (χ4n) is 1.30. The molecule has 1 rings (SSSR count). The summed E-state index contributed by atoms with van der Waals surface area (Å²) in [6.07, 6.45) is 10.7. The molecular weight excluding hydrogens is 174 g/mol. The first kappa shape index (κ1) is 13.1. The van der Waals surface area contributed by atoms with Gasteiger partial charge >= 0.3 is 0 Å². The molecule has 2 N–H and O–H groups in total. The molecule has 0 saturated carbocycles.